The Balaban J connectivity index is 4.07. The van der Waals surface area contributed by atoms with Crippen molar-refractivity contribution in [3.8, 4) is 0 Å². The van der Waals surface area contributed by atoms with Gasteiger partial charge in [-0.1, -0.05) is 117 Å². The Bertz CT molecular complexity index is 683. The molecule has 0 bridgehead atoms. The summed E-state index contributed by atoms with van der Waals surface area (Å²) >= 11 is 0. The van der Waals surface area contributed by atoms with Gasteiger partial charge in [0.2, 0.25) is 0 Å². The van der Waals surface area contributed by atoms with E-state index in [1.165, 1.54) is 90.4 Å². The third kappa shape index (κ3) is 23.1. The van der Waals surface area contributed by atoms with Gasteiger partial charge in [0.25, 0.3) is 0 Å². The Morgan fingerprint density at radius 1 is 0.675 bits per heavy atom. The van der Waals surface area contributed by atoms with Crippen LogP contribution in [0.1, 0.15) is 124 Å². The van der Waals surface area contributed by atoms with E-state index < -0.39 is 38.9 Å². The van der Waals surface area contributed by atoms with E-state index in [1.54, 1.807) is 4.90 Å². The van der Waals surface area contributed by atoms with Gasteiger partial charge in [-0.3, -0.25) is 4.90 Å². The third-order valence-electron chi connectivity index (χ3n) is 6.54. The largest absolute Gasteiger partial charge is 0.659 e. The van der Waals surface area contributed by atoms with Crippen LogP contribution in [0.15, 0.2) is 12.2 Å². The summed E-state index contributed by atoms with van der Waals surface area (Å²) in [5.41, 5.74) is -0.00121. The molecule has 0 aliphatic carbocycles. The van der Waals surface area contributed by atoms with Gasteiger partial charge >= 0.3 is 32.6 Å². The van der Waals surface area contributed by atoms with Crippen LogP contribution in [0.25, 0.3) is 0 Å². The van der Waals surface area contributed by atoms with Crippen molar-refractivity contribution in [3.63, 3.8) is 0 Å². The van der Waals surface area contributed by atoms with E-state index in [9.17, 15) is 33.6 Å². The summed E-state index contributed by atoms with van der Waals surface area (Å²) in [6.45, 7) is 9.83. The zero-order valence-electron chi connectivity index (χ0n) is 25.1. The quantitative estimate of drug-likeness (QED) is 0.0342. The average molecular weight is 628 g/mol. The fraction of sp³-hybridized carbons (Fsp3) is 0.885. The van der Waals surface area contributed by atoms with Gasteiger partial charge in [0.1, 0.15) is 0 Å². The minimum atomic E-state index is -5.35. The highest BCUT2D eigenvalue weighted by atomic mass is 28.5. The standard InChI is InChI=1S/C26H57NO10Si3/c1-5-7-8-9-10-11-12-13-14-15-16-17-18-19-20-21-22-27(6-2)23-38(29,30)36-40(33,34)37-39(31,32)24-35-26(28)25(3)4/h29-34H,3,5-24H2,1-2,4H3. The van der Waals surface area contributed by atoms with Crippen LogP contribution in [0.4, 0.5) is 0 Å². The second-order valence-electron chi connectivity index (χ2n) is 10.8. The first kappa shape index (κ1) is 39.5. The van der Waals surface area contributed by atoms with Crippen molar-refractivity contribution in [2.24, 2.45) is 0 Å². The SMILES string of the molecule is C=C(C)C(=O)OC[Si](O)(O)O[Si](O)(O)O[Si](O)(O)CN(CC)CCCCCCCCCCCCCCCCCC. The molecule has 14 heteroatoms. The maximum absolute atomic E-state index is 11.4. The van der Waals surface area contributed by atoms with Gasteiger partial charge in [-0.15, -0.1) is 0 Å². The molecule has 0 rings (SSSR count). The first-order chi connectivity index (χ1) is 18.7. The van der Waals surface area contributed by atoms with Crippen molar-refractivity contribution >= 4 is 32.6 Å². The highest BCUT2D eigenvalue weighted by molar-refractivity contribution is 6.75. The Kier molecular flexibility index (Phi) is 21.8. The molecule has 0 heterocycles. The molecular weight excluding hydrogens is 571 g/mol. The van der Waals surface area contributed by atoms with Crippen molar-refractivity contribution in [1.29, 1.82) is 0 Å². The molecule has 0 spiro atoms. The van der Waals surface area contributed by atoms with Crippen LogP contribution in [-0.2, 0) is 17.8 Å². The first-order valence-electron chi connectivity index (χ1n) is 15.0. The van der Waals surface area contributed by atoms with Crippen molar-refractivity contribution in [2.45, 2.75) is 124 Å². The molecule has 0 aromatic rings. The number of unbranched alkanes of at least 4 members (excludes halogenated alkanes) is 15. The number of carbonyl (C=O) groups is 1. The number of ether oxygens (including phenoxy) is 1. The monoisotopic (exact) mass is 627 g/mol. The van der Waals surface area contributed by atoms with Crippen LogP contribution in [0.3, 0.4) is 0 Å². The number of hydrogen-bond donors (Lipinski definition) is 6. The van der Waals surface area contributed by atoms with Crippen molar-refractivity contribution in [2.75, 3.05) is 25.5 Å². The lowest BCUT2D eigenvalue weighted by atomic mass is 10.0. The summed E-state index contributed by atoms with van der Waals surface area (Å²) in [6, 6.07) is 0. The molecule has 0 unspecified atom stereocenters. The third-order valence-corrected chi connectivity index (χ3v) is 12.7. The first-order valence-corrected chi connectivity index (χ1v) is 20.8. The molecule has 0 fully saturated rings. The maximum Gasteiger partial charge on any atom is 0.659 e. The lowest BCUT2D eigenvalue weighted by molar-refractivity contribution is -0.138. The molecule has 0 aliphatic heterocycles. The number of esters is 1. The number of hydrogen-bond acceptors (Lipinski definition) is 11. The molecule has 0 atom stereocenters. The molecule has 11 nitrogen and oxygen atoms in total. The van der Waals surface area contributed by atoms with E-state index in [2.05, 4.69) is 26.5 Å². The number of nitrogens with zero attached hydrogens (tertiary/aromatic N) is 1. The zero-order valence-corrected chi connectivity index (χ0v) is 28.1. The molecule has 0 aromatic heterocycles. The topological polar surface area (TPSA) is 169 Å². The molecule has 0 amide bonds. The van der Waals surface area contributed by atoms with Crippen molar-refractivity contribution in [3.05, 3.63) is 12.2 Å². The van der Waals surface area contributed by atoms with E-state index in [0.717, 1.165) is 19.3 Å². The molecule has 0 saturated heterocycles. The Hall–Kier alpha value is -0.499. The highest BCUT2D eigenvalue weighted by Crippen LogP contribution is 2.15. The summed E-state index contributed by atoms with van der Waals surface area (Å²) in [4.78, 5) is 73.4. The normalized spacial score (nSPS) is 12.8. The molecule has 0 aromatic carbocycles. The number of rotatable bonds is 27. The predicted octanol–water partition coefficient (Wildman–Crippen LogP) is 3.07. The second-order valence-corrected chi connectivity index (χ2v) is 17.1. The fourth-order valence-electron chi connectivity index (χ4n) is 4.31. The van der Waals surface area contributed by atoms with Crippen LogP contribution in [0.5, 0.6) is 0 Å². The van der Waals surface area contributed by atoms with Gasteiger partial charge in [-0.25, -0.2) is 4.79 Å². The van der Waals surface area contributed by atoms with Crippen molar-refractivity contribution < 1.29 is 46.5 Å². The van der Waals surface area contributed by atoms with Gasteiger partial charge in [0.05, 0.1) is 6.17 Å². The van der Waals surface area contributed by atoms with Gasteiger partial charge in [0.15, 0.2) is 6.23 Å². The minimum Gasteiger partial charge on any atom is -0.458 e. The van der Waals surface area contributed by atoms with Gasteiger partial charge in [-0.2, -0.15) is 0 Å². The molecule has 238 valence electrons. The van der Waals surface area contributed by atoms with E-state index in [-0.39, 0.29) is 11.7 Å². The summed E-state index contributed by atoms with van der Waals surface area (Å²) in [5, 5.41) is 0. The van der Waals surface area contributed by atoms with Crippen molar-refractivity contribution in [1.82, 2.24) is 4.90 Å². The molecule has 0 radical (unpaired) electrons. The van der Waals surface area contributed by atoms with Crippen LogP contribution in [-0.4, -0.2) is 91.8 Å². The van der Waals surface area contributed by atoms with Gasteiger partial charge in [0, 0.05) is 5.57 Å². The van der Waals surface area contributed by atoms with E-state index in [0.29, 0.717) is 13.1 Å². The molecule has 40 heavy (non-hydrogen) atoms. The lowest BCUT2D eigenvalue weighted by Gasteiger charge is -2.31. The van der Waals surface area contributed by atoms with Gasteiger partial charge in [-0.05, 0) is 26.4 Å². The molecule has 0 saturated carbocycles. The fourth-order valence-corrected chi connectivity index (χ4v) is 10.0. The van der Waals surface area contributed by atoms with E-state index >= 15 is 0 Å². The zero-order chi connectivity index (χ0) is 30.5. The minimum absolute atomic E-state index is 0.00121. The lowest BCUT2D eigenvalue weighted by Crippen LogP contribution is -2.64. The Labute approximate surface area is 245 Å². The average Bonchev–Trinajstić information content (AvgIpc) is 2.84. The van der Waals surface area contributed by atoms with Crippen LogP contribution in [0.2, 0.25) is 0 Å². The Morgan fingerprint density at radius 3 is 1.48 bits per heavy atom. The molecular formula is C26H57NO10Si3. The van der Waals surface area contributed by atoms with E-state index in [1.807, 2.05) is 6.92 Å². The smallest absolute Gasteiger partial charge is 0.458 e. The van der Waals surface area contributed by atoms with E-state index in [4.69, 9.17) is 0 Å². The number of carbonyl (C=O) groups excluding carboxylic acids is 1. The Morgan fingerprint density at radius 2 is 1.07 bits per heavy atom. The maximum atomic E-state index is 11.4. The highest BCUT2D eigenvalue weighted by Gasteiger charge is 2.55. The summed E-state index contributed by atoms with van der Waals surface area (Å²) in [5.74, 6) is -0.923. The summed E-state index contributed by atoms with van der Waals surface area (Å²) in [7, 11) is -14.9. The summed E-state index contributed by atoms with van der Waals surface area (Å²) in [6.07, 6.45) is 18.8. The second kappa shape index (κ2) is 22.1. The molecule has 6 N–H and O–H groups in total. The van der Waals surface area contributed by atoms with Crippen LogP contribution in [0, 0.1) is 0 Å². The predicted molar refractivity (Wildman–Crippen MR) is 160 cm³/mol. The summed E-state index contributed by atoms with van der Waals surface area (Å²) < 4.78 is 13.7. The van der Waals surface area contributed by atoms with Gasteiger partial charge < -0.3 is 41.7 Å². The van der Waals surface area contributed by atoms with Crippen LogP contribution < -0.4 is 0 Å². The van der Waals surface area contributed by atoms with Crippen LogP contribution >= 0.6 is 0 Å². The molecule has 0 aliphatic rings.